The molecule has 1 atom stereocenters. The molecule has 0 saturated heterocycles. The Hall–Kier alpha value is -0.690. The second kappa shape index (κ2) is 5.36. The second-order valence-corrected chi connectivity index (χ2v) is 7.14. The molecule has 0 amide bonds. The third-order valence-electron chi connectivity index (χ3n) is 3.43. The van der Waals surface area contributed by atoms with Crippen molar-refractivity contribution in [3.05, 3.63) is 29.0 Å². The Morgan fingerprint density at radius 1 is 1.53 bits per heavy atom. The summed E-state index contributed by atoms with van der Waals surface area (Å²) < 4.78 is 39.7. The molecule has 1 saturated carbocycles. The van der Waals surface area contributed by atoms with Gasteiger partial charge in [0.25, 0.3) is 0 Å². The van der Waals surface area contributed by atoms with E-state index in [2.05, 4.69) is 0 Å². The van der Waals surface area contributed by atoms with E-state index < -0.39 is 15.8 Å². The van der Waals surface area contributed by atoms with Crippen molar-refractivity contribution < 1.29 is 12.8 Å². The van der Waals surface area contributed by atoms with Crippen LogP contribution < -0.4 is 5.73 Å². The van der Waals surface area contributed by atoms with Crippen molar-refractivity contribution in [1.29, 1.82) is 0 Å². The first-order valence-corrected chi connectivity index (χ1v) is 7.83. The molecular formula is C12H16ClFN2O2S. The molecule has 0 aliphatic heterocycles. The number of sulfonamides is 1. The van der Waals surface area contributed by atoms with Crippen LogP contribution in [0.1, 0.15) is 12.8 Å². The Balaban J connectivity index is 2.35. The Morgan fingerprint density at radius 3 is 2.63 bits per heavy atom. The molecule has 0 spiro atoms. The number of rotatable bonds is 5. The van der Waals surface area contributed by atoms with E-state index in [-0.39, 0.29) is 28.4 Å². The number of hydrogen-bond donors (Lipinski definition) is 1. The van der Waals surface area contributed by atoms with Crippen LogP contribution in [0, 0.1) is 11.7 Å². The SMILES string of the molecule is CN(C(CN)C1CC1)S(=O)(=O)c1ccc(Cl)cc1F. The Morgan fingerprint density at radius 2 is 2.16 bits per heavy atom. The molecule has 1 aliphatic carbocycles. The number of hydrogen-bond acceptors (Lipinski definition) is 3. The zero-order valence-electron chi connectivity index (χ0n) is 10.5. The van der Waals surface area contributed by atoms with Gasteiger partial charge in [-0.05, 0) is 37.0 Å². The van der Waals surface area contributed by atoms with Crippen LogP contribution >= 0.6 is 11.6 Å². The molecule has 0 bridgehead atoms. The first kappa shape index (κ1) is 14.7. The summed E-state index contributed by atoms with van der Waals surface area (Å²) in [5.74, 6) is -0.564. The predicted molar refractivity (Wildman–Crippen MR) is 71.9 cm³/mol. The van der Waals surface area contributed by atoms with Gasteiger partial charge in [-0.3, -0.25) is 0 Å². The van der Waals surface area contributed by atoms with Gasteiger partial charge in [-0.15, -0.1) is 0 Å². The summed E-state index contributed by atoms with van der Waals surface area (Å²) in [6, 6.07) is 3.26. The smallest absolute Gasteiger partial charge is 0.246 e. The first-order valence-electron chi connectivity index (χ1n) is 6.01. The molecule has 7 heteroatoms. The molecule has 1 unspecified atom stereocenters. The molecule has 106 valence electrons. The van der Waals surface area contributed by atoms with Gasteiger partial charge < -0.3 is 5.73 Å². The summed E-state index contributed by atoms with van der Waals surface area (Å²) in [7, 11) is -2.44. The van der Waals surface area contributed by atoms with Crippen molar-refractivity contribution in [3.8, 4) is 0 Å². The Bertz CT molecular complexity index is 575. The maximum atomic E-state index is 13.8. The van der Waals surface area contributed by atoms with E-state index in [0.29, 0.717) is 0 Å². The van der Waals surface area contributed by atoms with Gasteiger partial charge in [0.2, 0.25) is 10.0 Å². The molecule has 4 nitrogen and oxygen atoms in total. The fraction of sp³-hybridized carbons (Fsp3) is 0.500. The highest BCUT2D eigenvalue weighted by atomic mass is 35.5. The molecule has 0 heterocycles. The van der Waals surface area contributed by atoms with Crippen LogP contribution in [0.5, 0.6) is 0 Å². The van der Waals surface area contributed by atoms with Crippen molar-refractivity contribution in [3.63, 3.8) is 0 Å². The van der Waals surface area contributed by atoms with E-state index in [1.165, 1.54) is 23.5 Å². The highest BCUT2D eigenvalue weighted by molar-refractivity contribution is 7.89. The van der Waals surface area contributed by atoms with Gasteiger partial charge in [0.05, 0.1) is 0 Å². The zero-order valence-corrected chi connectivity index (χ0v) is 12.1. The summed E-state index contributed by atoms with van der Waals surface area (Å²) in [5.41, 5.74) is 5.63. The van der Waals surface area contributed by atoms with Gasteiger partial charge >= 0.3 is 0 Å². The molecule has 2 N–H and O–H groups in total. The topological polar surface area (TPSA) is 63.4 Å². The normalized spacial score (nSPS) is 17.7. The summed E-state index contributed by atoms with van der Waals surface area (Å²) in [5, 5.41) is 0.164. The fourth-order valence-electron chi connectivity index (χ4n) is 2.14. The highest BCUT2D eigenvalue weighted by Gasteiger charge is 2.38. The minimum atomic E-state index is -3.88. The third kappa shape index (κ3) is 2.91. The summed E-state index contributed by atoms with van der Waals surface area (Å²) in [6.07, 6.45) is 1.93. The van der Waals surface area contributed by atoms with E-state index in [0.717, 1.165) is 18.9 Å². The quantitative estimate of drug-likeness (QED) is 0.903. The highest BCUT2D eigenvalue weighted by Crippen LogP contribution is 2.36. The molecule has 0 radical (unpaired) electrons. The van der Waals surface area contributed by atoms with Gasteiger partial charge in [-0.1, -0.05) is 11.6 Å². The number of halogens is 2. The lowest BCUT2D eigenvalue weighted by Gasteiger charge is -2.26. The monoisotopic (exact) mass is 306 g/mol. The van der Waals surface area contributed by atoms with Gasteiger partial charge in [-0.25, -0.2) is 12.8 Å². The van der Waals surface area contributed by atoms with Gasteiger partial charge in [0.1, 0.15) is 10.7 Å². The largest absolute Gasteiger partial charge is 0.329 e. The molecule has 1 aromatic rings. The third-order valence-corrected chi connectivity index (χ3v) is 5.58. The average molecular weight is 307 g/mol. The van der Waals surface area contributed by atoms with E-state index in [1.54, 1.807) is 0 Å². The molecule has 0 aromatic heterocycles. The summed E-state index contributed by atoms with van der Waals surface area (Å²) >= 11 is 5.63. The van der Waals surface area contributed by atoms with E-state index in [1.807, 2.05) is 0 Å². The van der Waals surface area contributed by atoms with E-state index >= 15 is 0 Å². The Kier molecular flexibility index (Phi) is 4.15. The van der Waals surface area contributed by atoms with Gasteiger partial charge in [0.15, 0.2) is 0 Å². The number of likely N-dealkylation sites (N-methyl/N-ethyl adjacent to an activating group) is 1. The maximum Gasteiger partial charge on any atom is 0.246 e. The van der Waals surface area contributed by atoms with Crippen LogP contribution in [-0.2, 0) is 10.0 Å². The van der Waals surface area contributed by atoms with Crippen molar-refractivity contribution in [2.75, 3.05) is 13.6 Å². The lowest BCUT2D eigenvalue weighted by molar-refractivity contribution is 0.339. The molecule has 1 fully saturated rings. The predicted octanol–water partition coefficient (Wildman–Crippen LogP) is 1.84. The molecule has 1 aliphatic rings. The minimum absolute atomic E-state index is 0.164. The lowest BCUT2D eigenvalue weighted by atomic mass is 10.2. The molecule has 19 heavy (non-hydrogen) atoms. The fourth-order valence-corrected chi connectivity index (χ4v) is 3.77. The van der Waals surface area contributed by atoms with Crippen LogP contribution in [0.4, 0.5) is 4.39 Å². The van der Waals surface area contributed by atoms with Crippen molar-refractivity contribution in [1.82, 2.24) is 4.31 Å². The second-order valence-electron chi connectivity index (χ2n) is 4.74. The standard InChI is InChI=1S/C12H16ClFN2O2S/c1-16(11(7-15)8-2-3-8)19(17,18)12-5-4-9(13)6-10(12)14/h4-6,8,11H,2-3,7,15H2,1H3. The van der Waals surface area contributed by atoms with Gasteiger partial charge in [-0.2, -0.15) is 4.31 Å². The van der Waals surface area contributed by atoms with Crippen molar-refractivity contribution >= 4 is 21.6 Å². The maximum absolute atomic E-state index is 13.8. The van der Waals surface area contributed by atoms with E-state index in [9.17, 15) is 12.8 Å². The number of benzene rings is 1. The van der Waals surface area contributed by atoms with E-state index in [4.69, 9.17) is 17.3 Å². The number of nitrogens with zero attached hydrogens (tertiary/aromatic N) is 1. The molecule has 2 rings (SSSR count). The summed E-state index contributed by atoms with van der Waals surface area (Å²) in [6.45, 7) is 0.232. The average Bonchev–Trinajstić information content (AvgIpc) is 3.13. The zero-order chi connectivity index (χ0) is 14.2. The van der Waals surface area contributed by atoms with Crippen LogP contribution in [0.25, 0.3) is 0 Å². The van der Waals surface area contributed by atoms with Crippen LogP contribution in [0.2, 0.25) is 5.02 Å². The van der Waals surface area contributed by atoms with Crippen molar-refractivity contribution in [2.24, 2.45) is 11.7 Å². The van der Waals surface area contributed by atoms with Crippen LogP contribution in [-0.4, -0.2) is 32.4 Å². The Labute approximate surface area is 117 Å². The van der Waals surface area contributed by atoms with Crippen molar-refractivity contribution in [2.45, 2.75) is 23.8 Å². The molecular weight excluding hydrogens is 291 g/mol. The number of nitrogens with two attached hydrogens (primary N) is 1. The molecule has 1 aromatic carbocycles. The van der Waals surface area contributed by atoms with Crippen LogP contribution in [0.3, 0.4) is 0 Å². The van der Waals surface area contributed by atoms with Gasteiger partial charge in [0, 0.05) is 24.7 Å². The summed E-state index contributed by atoms with van der Waals surface area (Å²) in [4.78, 5) is -0.362. The first-order chi connectivity index (χ1) is 8.87. The lowest BCUT2D eigenvalue weighted by Crippen LogP contribution is -2.43. The van der Waals surface area contributed by atoms with Crippen LogP contribution in [0.15, 0.2) is 23.1 Å². The minimum Gasteiger partial charge on any atom is -0.329 e.